The van der Waals surface area contributed by atoms with E-state index in [4.69, 9.17) is 4.74 Å². The van der Waals surface area contributed by atoms with E-state index >= 15 is 0 Å². The lowest BCUT2D eigenvalue weighted by atomic mass is 10.3. The van der Waals surface area contributed by atoms with Gasteiger partial charge >= 0.3 is 0 Å². The third-order valence-electron chi connectivity index (χ3n) is 2.53. The number of methoxy groups -OCH3 is 1. The molecule has 0 aliphatic carbocycles. The molecule has 0 bridgehead atoms. The van der Waals surface area contributed by atoms with Gasteiger partial charge in [0.1, 0.15) is 4.21 Å². The quantitative estimate of drug-likeness (QED) is 0.714. The number of hydrogen-bond donors (Lipinski definition) is 2. The van der Waals surface area contributed by atoms with Crippen LogP contribution in [0.3, 0.4) is 0 Å². The first-order valence-corrected chi connectivity index (χ1v) is 8.48. The summed E-state index contributed by atoms with van der Waals surface area (Å²) in [5.74, 6) is 0. The van der Waals surface area contributed by atoms with Crippen LogP contribution in [0.1, 0.15) is 24.3 Å². The van der Waals surface area contributed by atoms with Gasteiger partial charge in [0, 0.05) is 31.1 Å². The van der Waals surface area contributed by atoms with Gasteiger partial charge in [-0.3, -0.25) is 0 Å². The first-order valence-electron chi connectivity index (χ1n) is 6.18. The Morgan fingerprint density at radius 3 is 2.68 bits per heavy atom. The van der Waals surface area contributed by atoms with Gasteiger partial charge in [0.2, 0.25) is 10.0 Å². The van der Waals surface area contributed by atoms with Gasteiger partial charge in [-0.05, 0) is 18.6 Å². The zero-order valence-electron chi connectivity index (χ0n) is 11.8. The second-order valence-corrected chi connectivity index (χ2v) is 7.73. The summed E-state index contributed by atoms with van der Waals surface area (Å²) in [5.41, 5.74) is 1.00. The fraction of sp³-hybridized carbons (Fsp3) is 0.667. The Bertz CT molecular complexity index is 495. The van der Waals surface area contributed by atoms with Gasteiger partial charge in [-0.2, -0.15) is 0 Å². The fourth-order valence-electron chi connectivity index (χ4n) is 1.44. The molecule has 0 saturated heterocycles. The lowest BCUT2D eigenvalue weighted by Crippen LogP contribution is -2.26. The van der Waals surface area contributed by atoms with Crippen LogP contribution in [0.4, 0.5) is 0 Å². The van der Waals surface area contributed by atoms with Crippen molar-refractivity contribution in [1.82, 2.24) is 10.0 Å². The maximum Gasteiger partial charge on any atom is 0.250 e. The third kappa shape index (κ3) is 5.19. The van der Waals surface area contributed by atoms with Gasteiger partial charge in [-0.25, -0.2) is 13.1 Å². The minimum absolute atomic E-state index is 0.287. The Morgan fingerprint density at radius 1 is 1.42 bits per heavy atom. The number of nitrogens with one attached hydrogen (secondary N) is 2. The Kier molecular flexibility index (Phi) is 6.41. The van der Waals surface area contributed by atoms with Crippen LogP contribution in [0.15, 0.2) is 10.3 Å². The van der Waals surface area contributed by atoms with Crippen LogP contribution in [0.2, 0.25) is 0 Å². The highest BCUT2D eigenvalue weighted by atomic mass is 32.2. The molecule has 1 rings (SSSR count). The average molecular weight is 306 g/mol. The van der Waals surface area contributed by atoms with Crippen LogP contribution in [0.5, 0.6) is 0 Å². The molecule has 0 spiro atoms. The summed E-state index contributed by atoms with van der Waals surface area (Å²) >= 11 is 1.31. The first kappa shape index (κ1) is 16.6. The molecule has 0 fully saturated rings. The minimum Gasteiger partial charge on any atom is -0.383 e. The lowest BCUT2D eigenvalue weighted by molar-refractivity contribution is 0.204. The molecule has 0 aliphatic heterocycles. The molecule has 5 nitrogen and oxygen atoms in total. The molecule has 0 radical (unpaired) electrons. The molecule has 1 aromatic rings. The highest BCUT2D eigenvalue weighted by molar-refractivity contribution is 7.91. The highest BCUT2D eigenvalue weighted by Gasteiger charge is 2.18. The molecule has 2 N–H and O–H groups in total. The maximum atomic E-state index is 12.0. The molecule has 0 saturated carbocycles. The Morgan fingerprint density at radius 2 is 2.11 bits per heavy atom. The van der Waals surface area contributed by atoms with Gasteiger partial charge in [0.05, 0.1) is 6.61 Å². The first-order chi connectivity index (χ1) is 8.86. The smallest absolute Gasteiger partial charge is 0.250 e. The summed E-state index contributed by atoms with van der Waals surface area (Å²) in [6.45, 7) is 7.41. The molecule has 110 valence electrons. The van der Waals surface area contributed by atoms with Crippen molar-refractivity contribution >= 4 is 21.4 Å². The van der Waals surface area contributed by atoms with Crippen molar-refractivity contribution in [2.45, 2.75) is 37.6 Å². The monoisotopic (exact) mass is 306 g/mol. The van der Waals surface area contributed by atoms with Crippen LogP contribution >= 0.6 is 11.3 Å². The second kappa shape index (κ2) is 7.35. The molecule has 7 heteroatoms. The Hall–Kier alpha value is -0.470. The van der Waals surface area contributed by atoms with E-state index in [0.29, 0.717) is 23.4 Å². The number of thiophene rings is 1. The maximum absolute atomic E-state index is 12.0. The topological polar surface area (TPSA) is 67.4 Å². The van der Waals surface area contributed by atoms with E-state index in [2.05, 4.69) is 23.9 Å². The van der Waals surface area contributed by atoms with Gasteiger partial charge < -0.3 is 10.1 Å². The molecule has 0 aromatic carbocycles. The van der Waals surface area contributed by atoms with Crippen LogP contribution in [0.25, 0.3) is 0 Å². The van der Waals surface area contributed by atoms with Crippen LogP contribution in [-0.2, 0) is 21.3 Å². The summed E-state index contributed by atoms with van der Waals surface area (Å²) in [6.07, 6.45) is 0. The Labute approximate surface area is 119 Å². The normalized spacial score (nSPS) is 12.3. The second-order valence-electron chi connectivity index (χ2n) is 4.60. The van der Waals surface area contributed by atoms with Crippen molar-refractivity contribution < 1.29 is 13.2 Å². The van der Waals surface area contributed by atoms with Gasteiger partial charge in [-0.15, -0.1) is 11.3 Å². The predicted octanol–water partition coefficient (Wildman–Crippen LogP) is 1.48. The van der Waals surface area contributed by atoms with Crippen molar-refractivity contribution in [1.29, 1.82) is 0 Å². The molecule has 19 heavy (non-hydrogen) atoms. The number of sulfonamides is 1. The molecular weight excluding hydrogens is 284 g/mol. The van der Waals surface area contributed by atoms with E-state index in [-0.39, 0.29) is 6.54 Å². The molecule has 0 amide bonds. The van der Waals surface area contributed by atoms with Crippen molar-refractivity contribution in [3.8, 4) is 0 Å². The molecule has 1 aromatic heterocycles. The van der Waals surface area contributed by atoms with Gasteiger partial charge in [0.15, 0.2) is 0 Å². The van der Waals surface area contributed by atoms with Crippen molar-refractivity contribution in [3.05, 3.63) is 16.5 Å². The number of aryl methyl sites for hydroxylation is 1. The van der Waals surface area contributed by atoms with E-state index in [0.717, 1.165) is 10.4 Å². The predicted molar refractivity (Wildman–Crippen MR) is 78.1 cm³/mol. The number of ether oxygens (including phenoxy) is 1. The van der Waals surface area contributed by atoms with Crippen molar-refractivity contribution in [2.24, 2.45) is 0 Å². The molecule has 0 atom stereocenters. The molecule has 0 aliphatic rings. The third-order valence-corrected chi connectivity index (χ3v) is 5.70. The van der Waals surface area contributed by atoms with E-state index < -0.39 is 10.0 Å². The van der Waals surface area contributed by atoms with E-state index in [1.807, 2.05) is 6.92 Å². The fourth-order valence-corrected chi connectivity index (χ4v) is 4.04. The van der Waals surface area contributed by atoms with Gasteiger partial charge in [0.25, 0.3) is 0 Å². The van der Waals surface area contributed by atoms with E-state index in [1.54, 1.807) is 13.2 Å². The number of hydrogen-bond acceptors (Lipinski definition) is 5. The van der Waals surface area contributed by atoms with E-state index in [1.165, 1.54) is 11.3 Å². The minimum atomic E-state index is -3.41. The highest BCUT2D eigenvalue weighted by Crippen LogP contribution is 2.25. The van der Waals surface area contributed by atoms with Crippen LogP contribution in [0, 0.1) is 6.92 Å². The van der Waals surface area contributed by atoms with E-state index in [9.17, 15) is 8.42 Å². The van der Waals surface area contributed by atoms with Crippen LogP contribution < -0.4 is 10.0 Å². The van der Waals surface area contributed by atoms with Crippen molar-refractivity contribution in [2.75, 3.05) is 20.3 Å². The SMILES string of the molecule is COCCNS(=O)(=O)c1cc(C)c(CNC(C)C)s1. The standard InChI is InChI=1S/C12H22N2O3S2/c1-9(2)13-8-11-10(3)7-12(18-11)19(15,16)14-5-6-17-4/h7,9,13-14H,5-6,8H2,1-4H3. The summed E-state index contributed by atoms with van der Waals surface area (Å²) in [4.78, 5) is 1.06. The zero-order valence-corrected chi connectivity index (χ0v) is 13.5. The average Bonchev–Trinajstić information content (AvgIpc) is 2.69. The zero-order chi connectivity index (χ0) is 14.5. The molecular formula is C12H22N2O3S2. The molecule has 0 unspecified atom stereocenters. The largest absolute Gasteiger partial charge is 0.383 e. The summed E-state index contributed by atoms with van der Waals surface area (Å²) in [5, 5.41) is 3.29. The lowest BCUT2D eigenvalue weighted by Gasteiger charge is -2.06. The van der Waals surface area contributed by atoms with Crippen LogP contribution in [-0.4, -0.2) is 34.7 Å². The summed E-state index contributed by atoms with van der Waals surface area (Å²) in [6, 6.07) is 2.10. The number of rotatable bonds is 8. The van der Waals surface area contributed by atoms with Crippen molar-refractivity contribution in [3.63, 3.8) is 0 Å². The molecule has 1 heterocycles. The summed E-state index contributed by atoms with van der Waals surface area (Å²) < 4.78 is 31.8. The summed E-state index contributed by atoms with van der Waals surface area (Å²) in [7, 11) is -1.87. The Balaban J connectivity index is 2.76. The van der Waals surface area contributed by atoms with Gasteiger partial charge in [-0.1, -0.05) is 13.8 Å².